The molecule has 4 nitrogen and oxygen atoms in total. The van der Waals surface area contributed by atoms with Gasteiger partial charge in [-0.15, -0.1) is 0 Å². The van der Waals surface area contributed by atoms with Gasteiger partial charge >= 0.3 is 6.03 Å². The number of anilines is 1. The molecule has 2 amide bonds. The van der Waals surface area contributed by atoms with Crippen molar-refractivity contribution in [1.82, 2.24) is 4.90 Å². The lowest BCUT2D eigenvalue weighted by Gasteiger charge is -2.34. The highest BCUT2D eigenvalue weighted by molar-refractivity contribution is 5.89. The Balaban J connectivity index is 1.95. The molecule has 1 aliphatic rings. The van der Waals surface area contributed by atoms with Crippen LogP contribution in [0.25, 0.3) is 0 Å². The van der Waals surface area contributed by atoms with Crippen LogP contribution in [0.15, 0.2) is 18.2 Å². The van der Waals surface area contributed by atoms with E-state index in [1.54, 1.807) is 24.1 Å². The standard InChI is InChI=1S/C16H23FN2O2/c1-11-3-8-14(17)15(9-11)18-16(21)19(2)13-6-4-12(10-20)5-7-13/h3,8-9,12-13,20H,4-7,10H2,1-2H3,(H,18,21). The van der Waals surface area contributed by atoms with Crippen LogP contribution in [0.4, 0.5) is 14.9 Å². The van der Waals surface area contributed by atoms with Crippen LogP contribution in [0.3, 0.4) is 0 Å². The second-order valence-corrected chi connectivity index (χ2v) is 5.88. The van der Waals surface area contributed by atoms with Gasteiger partial charge in [0.1, 0.15) is 5.82 Å². The average Bonchev–Trinajstić information content (AvgIpc) is 2.50. The maximum Gasteiger partial charge on any atom is 0.321 e. The maximum atomic E-state index is 13.7. The number of nitrogens with zero attached hydrogens (tertiary/aromatic N) is 1. The number of halogens is 1. The minimum Gasteiger partial charge on any atom is -0.396 e. The van der Waals surface area contributed by atoms with E-state index in [2.05, 4.69) is 5.32 Å². The lowest BCUT2D eigenvalue weighted by atomic mass is 9.86. The number of hydrogen-bond acceptors (Lipinski definition) is 2. The zero-order chi connectivity index (χ0) is 15.4. The van der Waals surface area contributed by atoms with Crippen LogP contribution in [0.1, 0.15) is 31.2 Å². The van der Waals surface area contributed by atoms with Gasteiger partial charge in [0.05, 0.1) is 5.69 Å². The van der Waals surface area contributed by atoms with E-state index in [4.69, 9.17) is 5.11 Å². The van der Waals surface area contributed by atoms with Crippen molar-refractivity contribution >= 4 is 11.7 Å². The van der Waals surface area contributed by atoms with E-state index in [-0.39, 0.29) is 24.4 Å². The highest BCUT2D eigenvalue weighted by Crippen LogP contribution is 2.27. The quantitative estimate of drug-likeness (QED) is 0.899. The fraction of sp³-hybridized carbons (Fsp3) is 0.562. The van der Waals surface area contributed by atoms with Gasteiger partial charge in [-0.2, -0.15) is 0 Å². The van der Waals surface area contributed by atoms with Gasteiger partial charge in [0, 0.05) is 19.7 Å². The molecule has 0 heterocycles. The van der Waals surface area contributed by atoms with Gasteiger partial charge in [0.15, 0.2) is 0 Å². The van der Waals surface area contributed by atoms with Gasteiger partial charge in [0.25, 0.3) is 0 Å². The molecule has 0 atom stereocenters. The third-order valence-electron chi connectivity index (χ3n) is 4.31. The summed E-state index contributed by atoms with van der Waals surface area (Å²) in [5.74, 6) is -0.0710. The van der Waals surface area contributed by atoms with Crippen LogP contribution >= 0.6 is 0 Å². The van der Waals surface area contributed by atoms with Gasteiger partial charge in [-0.1, -0.05) is 6.07 Å². The number of hydrogen-bond donors (Lipinski definition) is 2. The van der Waals surface area contributed by atoms with Gasteiger partial charge in [0.2, 0.25) is 0 Å². The SMILES string of the molecule is Cc1ccc(F)c(NC(=O)N(C)C2CCC(CO)CC2)c1. The molecule has 2 N–H and O–H groups in total. The predicted molar refractivity (Wildman–Crippen MR) is 80.8 cm³/mol. The van der Waals surface area contributed by atoms with Crippen molar-refractivity contribution in [1.29, 1.82) is 0 Å². The fourth-order valence-corrected chi connectivity index (χ4v) is 2.82. The van der Waals surface area contributed by atoms with Crippen LogP contribution in [0, 0.1) is 18.7 Å². The monoisotopic (exact) mass is 294 g/mol. The summed E-state index contributed by atoms with van der Waals surface area (Å²) in [5, 5.41) is 11.8. The molecule has 1 saturated carbocycles. The van der Waals surface area contributed by atoms with E-state index in [0.717, 1.165) is 31.2 Å². The lowest BCUT2D eigenvalue weighted by molar-refractivity contribution is 0.139. The molecule has 2 rings (SSSR count). The zero-order valence-electron chi connectivity index (χ0n) is 12.6. The first kappa shape index (κ1) is 15.8. The summed E-state index contributed by atoms with van der Waals surface area (Å²) in [6.45, 7) is 2.08. The van der Waals surface area contributed by atoms with Crippen LogP contribution in [-0.4, -0.2) is 35.7 Å². The lowest BCUT2D eigenvalue weighted by Crippen LogP contribution is -2.42. The first-order valence-electron chi connectivity index (χ1n) is 7.42. The van der Waals surface area contributed by atoms with Crippen molar-refractivity contribution in [2.24, 2.45) is 5.92 Å². The number of benzene rings is 1. The zero-order valence-corrected chi connectivity index (χ0v) is 12.6. The molecule has 0 spiro atoms. The van der Waals surface area contributed by atoms with Gasteiger partial charge in [-0.25, -0.2) is 9.18 Å². The molecule has 116 valence electrons. The van der Waals surface area contributed by atoms with E-state index in [1.807, 2.05) is 6.92 Å². The number of carbonyl (C=O) groups excluding carboxylic acids is 1. The van der Waals surface area contributed by atoms with Crippen molar-refractivity contribution in [2.45, 2.75) is 38.6 Å². The number of urea groups is 1. The first-order valence-corrected chi connectivity index (χ1v) is 7.42. The number of carbonyl (C=O) groups is 1. The fourth-order valence-electron chi connectivity index (χ4n) is 2.82. The van der Waals surface area contributed by atoms with E-state index in [0.29, 0.717) is 5.92 Å². The van der Waals surface area contributed by atoms with Gasteiger partial charge < -0.3 is 15.3 Å². The number of aliphatic hydroxyl groups excluding tert-OH is 1. The second-order valence-electron chi connectivity index (χ2n) is 5.88. The number of rotatable bonds is 3. The van der Waals surface area contributed by atoms with E-state index in [9.17, 15) is 9.18 Å². The predicted octanol–water partition coefficient (Wildman–Crippen LogP) is 3.15. The summed E-state index contributed by atoms with van der Waals surface area (Å²) in [4.78, 5) is 13.9. The van der Waals surface area contributed by atoms with Crippen molar-refractivity contribution in [3.8, 4) is 0 Å². The molecule has 0 aliphatic heterocycles. The van der Waals surface area contributed by atoms with Crippen molar-refractivity contribution in [2.75, 3.05) is 19.0 Å². The molecule has 1 aromatic carbocycles. The summed E-state index contributed by atoms with van der Waals surface area (Å²) in [5.41, 5.74) is 1.12. The Labute approximate surface area is 125 Å². The molecule has 0 aromatic heterocycles. The molecular formula is C16H23FN2O2. The normalized spacial score (nSPS) is 21.9. The highest BCUT2D eigenvalue weighted by Gasteiger charge is 2.26. The third-order valence-corrected chi connectivity index (χ3v) is 4.31. The molecule has 1 aliphatic carbocycles. The molecule has 1 aromatic rings. The Morgan fingerprint density at radius 1 is 1.38 bits per heavy atom. The Kier molecular flexibility index (Phi) is 5.17. The minimum atomic E-state index is -0.425. The van der Waals surface area contributed by atoms with Crippen molar-refractivity contribution < 1.29 is 14.3 Å². The van der Waals surface area contributed by atoms with E-state index < -0.39 is 5.82 Å². The topological polar surface area (TPSA) is 52.6 Å². The van der Waals surface area contributed by atoms with Gasteiger partial charge in [-0.3, -0.25) is 0 Å². The molecular weight excluding hydrogens is 271 g/mol. The second kappa shape index (κ2) is 6.89. The molecule has 0 saturated heterocycles. The van der Waals surface area contributed by atoms with E-state index >= 15 is 0 Å². The molecule has 0 bridgehead atoms. The van der Waals surface area contributed by atoms with Crippen LogP contribution in [0.5, 0.6) is 0 Å². The maximum absolute atomic E-state index is 13.7. The van der Waals surface area contributed by atoms with Gasteiger partial charge in [-0.05, 0) is 56.2 Å². The Hall–Kier alpha value is -1.62. The molecule has 1 fully saturated rings. The summed E-state index contributed by atoms with van der Waals surface area (Å²) >= 11 is 0. The smallest absolute Gasteiger partial charge is 0.321 e. The minimum absolute atomic E-state index is 0.153. The molecule has 5 heteroatoms. The van der Waals surface area contributed by atoms with Crippen molar-refractivity contribution in [3.05, 3.63) is 29.6 Å². The number of nitrogens with one attached hydrogen (secondary N) is 1. The average molecular weight is 294 g/mol. The van der Waals surface area contributed by atoms with Crippen LogP contribution < -0.4 is 5.32 Å². The summed E-state index contributed by atoms with van der Waals surface area (Å²) in [6, 6.07) is 4.53. The molecule has 21 heavy (non-hydrogen) atoms. The Morgan fingerprint density at radius 3 is 2.67 bits per heavy atom. The number of aliphatic hydroxyl groups is 1. The largest absolute Gasteiger partial charge is 0.396 e. The summed E-state index contributed by atoms with van der Waals surface area (Å²) in [7, 11) is 1.74. The first-order chi connectivity index (χ1) is 10.0. The van der Waals surface area contributed by atoms with E-state index in [1.165, 1.54) is 6.07 Å². The van der Waals surface area contributed by atoms with Crippen LogP contribution in [-0.2, 0) is 0 Å². The third kappa shape index (κ3) is 3.94. The number of aryl methyl sites for hydroxylation is 1. The highest BCUT2D eigenvalue weighted by atomic mass is 19.1. The number of amides is 2. The Morgan fingerprint density at radius 2 is 2.05 bits per heavy atom. The molecule has 0 unspecified atom stereocenters. The summed E-state index contributed by atoms with van der Waals surface area (Å²) in [6.07, 6.45) is 3.62. The molecule has 0 radical (unpaired) electrons. The Bertz CT molecular complexity index is 499. The van der Waals surface area contributed by atoms with Crippen LogP contribution in [0.2, 0.25) is 0 Å². The van der Waals surface area contributed by atoms with Crippen molar-refractivity contribution in [3.63, 3.8) is 0 Å². The summed E-state index contributed by atoms with van der Waals surface area (Å²) < 4.78 is 13.7.